The van der Waals surface area contributed by atoms with Gasteiger partial charge in [-0.1, -0.05) is 59.6 Å². The molecule has 0 aliphatic heterocycles. The first kappa shape index (κ1) is 23.6. The van der Waals surface area contributed by atoms with Crippen LogP contribution in [-0.2, 0) is 24.1 Å². The van der Waals surface area contributed by atoms with E-state index in [0.717, 1.165) is 37.7 Å². The van der Waals surface area contributed by atoms with E-state index in [4.69, 9.17) is 23.2 Å². The minimum atomic E-state index is -0.307. The molecule has 4 rings (SSSR count). The highest BCUT2D eigenvalue weighted by Crippen LogP contribution is 2.38. The third-order valence-electron chi connectivity index (χ3n) is 5.55. The van der Waals surface area contributed by atoms with Crippen molar-refractivity contribution in [3.63, 3.8) is 0 Å². The van der Waals surface area contributed by atoms with Crippen LogP contribution in [0.2, 0.25) is 10.0 Å². The molecule has 0 spiro atoms. The fourth-order valence-electron chi connectivity index (χ4n) is 3.90. The topological polar surface area (TPSA) is 58.2 Å². The molecule has 1 aliphatic rings. The fraction of sp³-hybridized carbons (Fsp3) is 0.231. The van der Waals surface area contributed by atoms with E-state index >= 15 is 0 Å². The maximum absolute atomic E-state index is 13.1. The van der Waals surface area contributed by atoms with Gasteiger partial charge in [-0.25, -0.2) is 0 Å². The van der Waals surface area contributed by atoms with E-state index in [1.54, 1.807) is 24.3 Å². The highest BCUT2D eigenvalue weighted by atomic mass is 35.5. The maximum Gasteiger partial charge on any atom is 0.254 e. The second kappa shape index (κ2) is 11.0. The average molecular weight is 499 g/mol. The molecule has 3 aromatic rings. The smallest absolute Gasteiger partial charge is 0.254 e. The van der Waals surface area contributed by atoms with Crippen LogP contribution in [0.25, 0.3) is 6.08 Å². The molecule has 1 aromatic heterocycles. The van der Waals surface area contributed by atoms with Gasteiger partial charge in [0.15, 0.2) is 0 Å². The van der Waals surface area contributed by atoms with Crippen LogP contribution in [0.4, 0.5) is 5.00 Å². The van der Waals surface area contributed by atoms with Crippen LogP contribution in [0.1, 0.15) is 44.8 Å². The summed E-state index contributed by atoms with van der Waals surface area (Å²) in [7, 11) is 0. The summed E-state index contributed by atoms with van der Waals surface area (Å²) in [5, 5.41) is 7.57. The van der Waals surface area contributed by atoms with Gasteiger partial charge in [-0.15, -0.1) is 11.3 Å². The van der Waals surface area contributed by atoms with E-state index < -0.39 is 0 Å². The summed E-state index contributed by atoms with van der Waals surface area (Å²) >= 11 is 13.6. The summed E-state index contributed by atoms with van der Waals surface area (Å²) in [5.41, 5.74) is 3.54. The molecule has 170 valence electrons. The molecule has 0 saturated heterocycles. The van der Waals surface area contributed by atoms with Crippen LogP contribution in [0.3, 0.4) is 0 Å². The Labute approximate surface area is 207 Å². The van der Waals surface area contributed by atoms with Gasteiger partial charge >= 0.3 is 0 Å². The van der Waals surface area contributed by atoms with E-state index in [0.29, 0.717) is 32.7 Å². The molecule has 0 bridgehead atoms. The normalized spacial score (nSPS) is 13.0. The number of anilines is 1. The number of amides is 2. The van der Waals surface area contributed by atoms with Gasteiger partial charge in [0.2, 0.25) is 5.91 Å². The monoisotopic (exact) mass is 498 g/mol. The molecule has 1 aliphatic carbocycles. The van der Waals surface area contributed by atoms with Crippen molar-refractivity contribution in [3.8, 4) is 0 Å². The Bertz CT molecular complexity index is 1190. The predicted molar refractivity (Wildman–Crippen MR) is 138 cm³/mol. The van der Waals surface area contributed by atoms with Crippen LogP contribution < -0.4 is 10.6 Å². The third-order valence-corrected chi connectivity index (χ3v) is 7.32. The van der Waals surface area contributed by atoms with Crippen molar-refractivity contribution in [3.05, 3.63) is 91.8 Å². The molecule has 2 aromatic carbocycles. The largest absolute Gasteiger partial charge is 0.352 e. The Morgan fingerprint density at radius 1 is 1.03 bits per heavy atom. The average Bonchev–Trinajstić information content (AvgIpc) is 3.17. The number of thiophene rings is 1. The molecule has 0 fully saturated rings. The predicted octanol–water partition coefficient (Wildman–Crippen LogP) is 6.56. The van der Waals surface area contributed by atoms with E-state index in [2.05, 4.69) is 10.6 Å². The molecule has 0 saturated carbocycles. The van der Waals surface area contributed by atoms with Crippen LogP contribution in [-0.4, -0.2) is 18.4 Å². The molecule has 1 heterocycles. The quantitative estimate of drug-likeness (QED) is 0.362. The van der Waals surface area contributed by atoms with Crippen molar-refractivity contribution in [1.82, 2.24) is 5.32 Å². The number of hydrogen-bond acceptors (Lipinski definition) is 3. The molecule has 0 unspecified atom stereocenters. The number of benzene rings is 2. The summed E-state index contributed by atoms with van der Waals surface area (Å²) in [6, 6.07) is 15.2. The Hall–Kier alpha value is -2.60. The van der Waals surface area contributed by atoms with Gasteiger partial charge < -0.3 is 10.6 Å². The number of rotatable bonds is 7. The number of carbonyl (C=O) groups is 2. The van der Waals surface area contributed by atoms with E-state index in [1.165, 1.54) is 27.9 Å². The van der Waals surface area contributed by atoms with E-state index in [1.807, 2.05) is 30.3 Å². The molecular formula is C26H24Cl2N2O2S. The Balaban J connectivity index is 1.48. The van der Waals surface area contributed by atoms with Gasteiger partial charge in [0.05, 0.1) is 5.56 Å². The minimum absolute atomic E-state index is 0.134. The van der Waals surface area contributed by atoms with Crippen molar-refractivity contribution < 1.29 is 9.59 Å². The van der Waals surface area contributed by atoms with Crippen molar-refractivity contribution in [2.24, 2.45) is 0 Å². The second-order valence-corrected chi connectivity index (χ2v) is 9.84. The van der Waals surface area contributed by atoms with Crippen molar-refractivity contribution in [2.75, 3.05) is 11.9 Å². The second-order valence-electron chi connectivity index (χ2n) is 7.89. The molecule has 0 radical (unpaired) electrons. The number of fused-ring (bicyclic) bond motifs is 1. The maximum atomic E-state index is 13.1. The van der Waals surface area contributed by atoms with Gasteiger partial charge in [0.25, 0.3) is 5.91 Å². The Kier molecular flexibility index (Phi) is 7.86. The number of halogens is 2. The van der Waals surface area contributed by atoms with Gasteiger partial charge in [0.1, 0.15) is 5.00 Å². The molecule has 33 heavy (non-hydrogen) atoms. The van der Waals surface area contributed by atoms with Crippen LogP contribution >= 0.6 is 34.5 Å². The number of aryl methyl sites for hydroxylation is 1. The Morgan fingerprint density at radius 2 is 1.82 bits per heavy atom. The molecular weight excluding hydrogens is 475 g/mol. The van der Waals surface area contributed by atoms with Gasteiger partial charge in [0, 0.05) is 27.5 Å². The van der Waals surface area contributed by atoms with Gasteiger partial charge in [-0.05, 0) is 67.0 Å². The van der Waals surface area contributed by atoms with Crippen molar-refractivity contribution in [2.45, 2.75) is 32.1 Å². The SMILES string of the molecule is O=C(C=Cc1ccc(Cl)cc1Cl)Nc1sc2c(c1C(=O)NCCc1ccccc1)CCCC2. The summed E-state index contributed by atoms with van der Waals surface area (Å²) in [5.74, 6) is -0.441. The summed E-state index contributed by atoms with van der Waals surface area (Å²) in [6.45, 7) is 0.538. The highest BCUT2D eigenvalue weighted by molar-refractivity contribution is 7.17. The van der Waals surface area contributed by atoms with E-state index in [9.17, 15) is 9.59 Å². The molecule has 4 nitrogen and oxygen atoms in total. The van der Waals surface area contributed by atoms with Crippen molar-refractivity contribution >= 4 is 57.4 Å². The first-order valence-electron chi connectivity index (χ1n) is 10.9. The molecule has 2 N–H and O–H groups in total. The van der Waals surface area contributed by atoms with E-state index in [-0.39, 0.29) is 11.8 Å². The van der Waals surface area contributed by atoms with Crippen LogP contribution in [0.15, 0.2) is 54.6 Å². The summed E-state index contributed by atoms with van der Waals surface area (Å²) in [4.78, 5) is 27.0. The summed E-state index contributed by atoms with van der Waals surface area (Å²) < 4.78 is 0. The summed E-state index contributed by atoms with van der Waals surface area (Å²) in [6.07, 6.45) is 7.77. The van der Waals surface area contributed by atoms with Gasteiger partial charge in [-0.2, -0.15) is 0 Å². The van der Waals surface area contributed by atoms with Crippen LogP contribution in [0, 0.1) is 0 Å². The number of nitrogens with one attached hydrogen (secondary N) is 2. The zero-order chi connectivity index (χ0) is 23.2. The third kappa shape index (κ3) is 6.05. The lowest BCUT2D eigenvalue weighted by molar-refractivity contribution is -0.111. The number of hydrogen-bond donors (Lipinski definition) is 2. The first-order valence-corrected chi connectivity index (χ1v) is 12.5. The Morgan fingerprint density at radius 3 is 2.61 bits per heavy atom. The van der Waals surface area contributed by atoms with Crippen LogP contribution in [0.5, 0.6) is 0 Å². The van der Waals surface area contributed by atoms with Crippen molar-refractivity contribution in [1.29, 1.82) is 0 Å². The minimum Gasteiger partial charge on any atom is -0.352 e. The lowest BCUT2D eigenvalue weighted by Crippen LogP contribution is -2.27. The lowest BCUT2D eigenvalue weighted by Gasteiger charge is -2.13. The highest BCUT2D eigenvalue weighted by Gasteiger charge is 2.26. The van der Waals surface area contributed by atoms with Gasteiger partial charge in [-0.3, -0.25) is 9.59 Å². The lowest BCUT2D eigenvalue weighted by atomic mass is 9.95. The zero-order valence-corrected chi connectivity index (χ0v) is 20.3. The molecule has 7 heteroatoms. The first-order chi connectivity index (χ1) is 16.0. The molecule has 0 atom stereocenters. The fourth-order valence-corrected chi connectivity index (χ4v) is 5.66. The molecule has 2 amide bonds. The standard InChI is InChI=1S/C26H24Cl2N2O2S/c27-19-12-10-18(21(28)16-19)11-13-23(31)30-26-24(20-8-4-5-9-22(20)33-26)25(32)29-15-14-17-6-2-1-3-7-17/h1-3,6-7,10-13,16H,4-5,8-9,14-15H2,(H,29,32)(H,30,31). The number of carbonyl (C=O) groups excluding carboxylic acids is 2. The zero-order valence-electron chi connectivity index (χ0n) is 18.0.